The van der Waals surface area contributed by atoms with Crippen molar-refractivity contribution in [3.05, 3.63) is 48.6 Å². The molecule has 0 bridgehead atoms. The lowest BCUT2D eigenvalue weighted by molar-refractivity contribution is -0.167. The van der Waals surface area contributed by atoms with Gasteiger partial charge < -0.3 is 14.2 Å². The second-order valence-corrected chi connectivity index (χ2v) is 23.4. The summed E-state index contributed by atoms with van der Waals surface area (Å²) in [5.74, 6) is -0.878. The largest absolute Gasteiger partial charge is 0.462 e. The summed E-state index contributed by atoms with van der Waals surface area (Å²) in [5, 5.41) is 0. The van der Waals surface area contributed by atoms with Crippen LogP contribution in [-0.2, 0) is 28.6 Å². The number of unbranched alkanes of at least 4 members (excludes halogenated alkanes) is 45. The summed E-state index contributed by atoms with van der Waals surface area (Å²) < 4.78 is 16.9. The first kappa shape index (κ1) is 75.4. The molecule has 6 heteroatoms. The third kappa shape index (κ3) is 64.2. The maximum atomic E-state index is 12.9. The molecule has 1 unspecified atom stereocenters. The van der Waals surface area contributed by atoms with Gasteiger partial charge in [0.05, 0.1) is 0 Å². The standard InChI is InChI=1S/C72H132O6/c1-4-7-10-13-16-19-22-25-27-29-30-31-32-33-34-35-36-37-38-39-40-41-43-44-47-50-53-56-59-62-65-71(74)77-68-69(67-76-70(73)64-61-58-55-52-49-46-24-21-18-15-12-9-6-3)78-72(75)66-63-60-57-54-51-48-45-42-28-26-23-20-17-14-11-8-5-2/h8,11,17,20,26,28,45,48,69H,4-7,9-10,12-16,18-19,21-25,27,29-44,46-47,49-68H2,1-3H3/b11-8-,20-17-,28-26-,48-45-. The second-order valence-electron chi connectivity index (χ2n) is 23.4. The van der Waals surface area contributed by atoms with Gasteiger partial charge in [-0.2, -0.15) is 0 Å². The average Bonchev–Trinajstić information content (AvgIpc) is 3.44. The van der Waals surface area contributed by atoms with Gasteiger partial charge in [-0.1, -0.05) is 345 Å². The van der Waals surface area contributed by atoms with Crippen LogP contribution in [-0.4, -0.2) is 37.2 Å². The first-order valence-corrected chi connectivity index (χ1v) is 34.6. The number of rotatable bonds is 64. The monoisotopic (exact) mass is 1090 g/mol. The highest BCUT2D eigenvalue weighted by atomic mass is 16.6. The van der Waals surface area contributed by atoms with Crippen LogP contribution in [0, 0.1) is 0 Å². The zero-order valence-electron chi connectivity index (χ0n) is 52.5. The van der Waals surface area contributed by atoms with E-state index < -0.39 is 6.10 Å². The van der Waals surface area contributed by atoms with Crippen LogP contribution < -0.4 is 0 Å². The molecule has 456 valence electrons. The molecule has 0 aromatic rings. The van der Waals surface area contributed by atoms with Crippen molar-refractivity contribution in [1.82, 2.24) is 0 Å². The van der Waals surface area contributed by atoms with Crippen LogP contribution in [0.25, 0.3) is 0 Å². The van der Waals surface area contributed by atoms with Crippen LogP contribution in [0.5, 0.6) is 0 Å². The quantitative estimate of drug-likeness (QED) is 0.0261. The Hall–Kier alpha value is -2.63. The van der Waals surface area contributed by atoms with Crippen molar-refractivity contribution in [2.24, 2.45) is 0 Å². The summed E-state index contributed by atoms with van der Waals surface area (Å²) in [6.07, 6.45) is 84.4. The SMILES string of the molecule is CC/C=C\C/C=C\C/C=C\C/C=C\CCCCCCC(=O)OC(COC(=O)CCCCCCCCCCCCCCC)COC(=O)CCCCCCCCCCCCCCCCCCCCCCCCCCCCCCCC. The summed E-state index contributed by atoms with van der Waals surface area (Å²) in [5.41, 5.74) is 0. The first-order chi connectivity index (χ1) is 38.5. The fourth-order valence-electron chi connectivity index (χ4n) is 10.4. The molecule has 0 heterocycles. The Morgan fingerprint density at radius 2 is 0.500 bits per heavy atom. The normalized spacial score (nSPS) is 12.3. The van der Waals surface area contributed by atoms with Crippen LogP contribution in [0.1, 0.15) is 374 Å². The summed E-state index contributed by atoms with van der Waals surface area (Å²) in [7, 11) is 0. The third-order valence-electron chi connectivity index (χ3n) is 15.6. The van der Waals surface area contributed by atoms with E-state index in [2.05, 4.69) is 69.4 Å². The molecule has 0 amide bonds. The van der Waals surface area contributed by atoms with Crippen LogP contribution in [0.4, 0.5) is 0 Å². The average molecular weight is 1090 g/mol. The summed E-state index contributed by atoms with van der Waals surface area (Å²) in [6.45, 7) is 6.57. The van der Waals surface area contributed by atoms with Gasteiger partial charge in [-0.3, -0.25) is 14.4 Å². The van der Waals surface area contributed by atoms with Crippen LogP contribution in [0.3, 0.4) is 0 Å². The topological polar surface area (TPSA) is 78.9 Å². The maximum absolute atomic E-state index is 12.9. The number of ether oxygens (including phenoxy) is 3. The van der Waals surface area contributed by atoms with E-state index in [4.69, 9.17) is 14.2 Å². The molecule has 1 atom stereocenters. The number of hydrogen-bond donors (Lipinski definition) is 0. The Balaban J connectivity index is 4.17. The smallest absolute Gasteiger partial charge is 0.306 e. The molecule has 0 saturated heterocycles. The Labute approximate surface area is 486 Å². The molecule has 0 aliphatic carbocycles. The molecule has 0 aliphatic rings. The highest BCUT2D eigenvalue weighted by molar-refractivity contribution is 5.71. The van der Waals surface area contributed by atoms with Crippen LogP contribution in [0.15, 0.2) is 48.6 Å². The van der Waals surface area contributed by atoms with Gasteiger partial charge in [0.15, 0.2) is 6.10 Å². The predicted molar refractivity (Wildman–Crippen MR) is 339 cm³/mol. The zero-order chi connectivity index (χ0) is 56.4. The minimum atomic E-state index is -0.784. The highest BCUT2D eigenvalue weighted by Gasteiger charge is 2.19. The fourth-order valence-corrected chi connectivity index (χ4v) is 10.4. The van der Waals surface area contributed by atoms with Crippen LogP contribution >= 0.6 is 0 Å². The van der Waals surface area contributed by atoms with E-state index in [0.29, 0.717) is 19.3 Å². The van der Waals surface area contributed by atoms with Gasteiger partial charge in [-0.15, -0.1) is 0 Å². The molecular weight excluding hydrogens is 961 g/mol. The zero-order valence-corrected chi connectivity index (χ0v) is 52.5. The highest BCUT2D eigenvalue weighted by Crippen LogP contribution is 2.19. The van der Waals surface area contributed by atoms with E-state index in [-0.39, 0.29) is 31.1 Å². The summed E-state index contributed by atoms with van der Waals surface area (Å²) >= 11 is 0. The van der Waals surface area contributed by atoms with E-state index in [1.807, 2.05) is 0 Å². The van der Waals surface area contributed by atoms with Gasteiger partial charge in [0.1, 0.15) is 13.2 Å². The molecule has 0 spiro atoms. The van der Waals surface area contributed by atoms with Crippen molar-refractivity contribution < 1.29 is 28.6 Å². The van der Waals surface area contributed by atoms with E-state index in [0.717, 1.165) is 96.3 Å². The number of carbonyl (C=O) groups is 3. The van der Waals surface area contributed by atoms with Crippen molar-refractivity contribution in [2.45, 2.75) is 380 Å². The van der Waals surface area contributed by atoms with Gasteiger partial charge in [0.25, 0.3) is 0 Å². The summed E-state index contributed by atoms with van der Waals surface area (Å²) in [4.78, 5) is 38.3. The van der Waals surface area contributed by atoms with Gasteiger partial charge in [-0.05, 0) is 57.8 Å². The van der Waals surface area contributed by atoms with E-state index in [9.17, 15) is 14.4 Å². The molecule has 0 aromatic heterocycles. The lowest BCUT2D eigenvalue weighted by Gasteiger charge is -2.18. The Kier molecular flexibility index (Phi) is 64.6. The fraction of sp³-hybridized carbons (Fsp3) is 0.847. The molecule has 78 heavy (non-hydrogen) atoms. The number of allylic oxidation sites excluding steroid dienone is 8. The van der Waals surface area contributed by atoms with Crippen molar-refractivity contribution in [3.63, 3.8) is 0 Å². The first-order valence-electron chi connectivity index (χ1n) is 34.6. The lowest BCUT2D eigenvalue weighted by atomic mass is 10.0. The third-order valence-corrected chi connectivity index (χ3v) is 15.6. The predicted octanol–water partition coefficient (Wildman–Crippen LogP) is 23.7. The Morgan fingerprint density at radius 1 is 0.269 bits per heavy atom. The van der Waals surface area contributed by atoms with Gasteiger partial charge in [0.2, 0.25) is 0 Å². The Bertz CT molecular complexity index is 1350. The molecule has 0 fully saturated rings. The number of carbonyl (C=O) groups excluding carboxylic acids is 3. The van der Waals surface area contributed by atoms with Crippen LogP contribution in [0.2, 0.25) is 0 Å². The van der Waals surface area contributed by atoms with Crippen molar-refractivity contribution in [2.75, 3.05) is 13.2 Å². The van der Waals surface area contributed by atoms with E-state index >= 15 is 0 Å². The van der Waals surface area contributed by atoms with E-state index in [1.165, 1.54) is 238 Å². The van der Waals surface area contributed by atoms with Crippen molar-refractivity contribution >= 4 is 17.9 Å². The molecular formula is C72H132O6. The molecule has 0 saturated carbocycles. The molecule has 0 N–H and O–H groups in total. The Morgan fingerprint density at radius 3 is 0.782 bits per heavy atom. The minimum absolute atomic E-state index is 0.0783. The molecule has 0 aliphatic heterocycles. The van der Waals surface area contributed by atoms with Crippen molar-refractivity contribution in [3.8, 4) is 0 Å². The molecule has 6 nitrogen and oxygen atoms in total. The van der Waals surface area contributed by atoms with Gasteiger partial charge >= 0.3 is 17.9 Å². The minimum Gasteiger partial charge on any atom is -0.462 e. The number of esters is 3. The van der Waals surface area contributed by atoms with Gasteiger partial charge in [-0.25, -0.2) is 0 Å². The molecule has 0 aromatic carbocycles. The molecule has 0 rings (SSSR count). The molecule has 0 radical (unpaired) electrons. The summed E-state index contributed by atoms with van der Waals surface area (Å²) in [6, 6.07) is 0. The maximum Gasteiger partial charge on any atom is 0.306 e. The second kappa shape index (κ2) is 66.9. The van der Waals surface area contributed by atoms with Crippen molar-refractivity contribution in [1.29, 1.82) is 0 Å². The lowest BCUT2D eigenvalue weighted by Crippen LogP contribution is -2.30. The number of hydrogen-bond acceptors (Lipinski definition) is 6. The van der Waals surface area contributed by atoms with Gasteiger partial charge in [0, 0.05) is 19.3 Å². The van der Waals surface area contributed by atoms with E-state index in [1.54, 1.807) is 0 Å².